The highest BCUT2D eigenvalue weighted by molar-refractivity contribution is 7.18. The van der Waals surface area contributed by atoms with Crippen LogP contribution in [-0.4, -0.2) is 17.2 Å². The maximum Gasteiger partial charge on any atom is 0.348 e. The van der Waals surface area contributed by atoms with Gasteiger partial charge in [-0.25, -0.2) is 4.79 Å². The minimum atomic E-state index is -0.989. The van der Waals surface area contributed by atoms with Gasteiger partial charge in [0.2, 0.25) is 0 Å². The Hall–Kier alpha value is -2.01. The molecule has 4 nitrogen and oxygen atoms in total. The van der Waals surface area contributed by atoms with Crippen LogP contribution in [-0.2, 0) is 0 Å². The summed E-state index contributed by atoms with van der Waals surface area (Å²) in [6.45, 7) is 5.76. The lowest BCUT2D eigenvalue weighted by atomic mass is 10.1. The zero-order valence-corrected chi connectivity index (χ0v) is 12.5. The molecule has 5 heteroatoms. The zero-order chi connectivity index (χ0) is 14.9. The van der Waals surface area contributed by atoms with E-state index in [2.05, 4.69) is 0 Å². The van der Waals surface area contributed by atoms with Gasteiger partial charge in [-0.2, -0.15) is 0 Å². The average Bonchev–Trinajstić information content (AvgIpc) is 2.66. The number of carboxylic acid groups (broad SMARTS) is 1. The standard InChI is InChI=1S/C15H17NO3S/c1-8(2)19-11-6-4-5-10(7-11)13-9(3)12(16)14(20-13)15(17)18/h4-8H,16H2,1-3H3,(H,17,18). The van der Waals surface area contributed by atoms with Gasteiger partial charge in [0.05, 0.1) is 11.8 Å². The van der Waals surface area contributed by atoms with Gasteiger partial charge >= 0.3 is 5.97 Å². The first kappa shape index (κ1) is 14.4. The summed E-state index contributed by atoms with van der Waals surface area (Å²) in [5, 5.41) is 9.13. The minimum absolute atomic E-state index is 0.0920. The highest BCUT2D eigenvalue weighted by atomic mass is 32.1. The second kappa shape index (κ2) is 5.54. The monoisotopic (exact) mass is 291 g/mol. The molecule has 0 unspecified atom stereocenters. The number of benzene rings is 1. The molecule has 1 aromatic carbocycles. The molecule has 2 aromatic rings. The minimum Gasteiger partial charge on any atom is -0.491 e. The van der Waals surface area contributed by atoms with Gasteiger partial charge in [0.1, 0.15) is 10.6 Å². The number of carboxylic acids is 1. The molecule has 0 saturated heterocycles. The zero-order valence-electron chi connectivity index (χ0n) is 11.6. The molecule has 20 heavy (non-hydrogen) atoms. The Labute approximate surface area is 121 Å². The summed E-state index contributed by atoms with van der Waals surface area (Å²) in [6, 6.07) is 7.61. The molecule has 0 amide bonds. The Morgan fingerprint density at radius 3 is 2.65 bits per heavy atom. The van der Waals surface area contributed by atoms with Gasteiger partial charge in [-0.3, -0.25) is 0 Å². The van der Waals surface area contributed by atoms with E-state index in [-0.39, 0.29) is 11.0 Å². The molecule has 0 bridgehead atoms. The number of rotatable bonds is 4. The number of nitrogen functional groups attached to an aromatic ring is 1. The van der Waals surface area contributed by atoms with Crippen molar-refractivity contribution >= 4 is 23.0 Å². The summed E-state index contributed by atoms with van der Waals surface area (Å²) < 4.78 is 5.66. The summed E-state index contributed by atoms with van der Waals surface area (Å²) in [5.74, 6) is -0.225. The molecule has 0 atom stereocenters. The van der Waals surface area contributed by atoms with Crippen molar-refractivity contribution in [2.24, 2.45) is 0 Å². The van der Waals surface area contributed by atoms with E-state index in [4.69, 9.17) is 15.6 Å². The second-order valence-corrected chi connectivity index (χ2v) is 5.82. The first-order valence-corrected chi connectivity index (χ1v) is 7.11. The van der Waals surface area contributed by atoms with Gasteiger partial charge in [0.15, 0.2) is 0 Å². The molecule has 0 spiro atoms. The molecular weight excluding hydrogens is 274 g/mol. The van der Waals surface area contributed by atoms with Gasteiger partial charge in [-0.15, -0.1) is 11.3 Å². The van der Waals surface area contributed by atoms with Crippen LogP contribution in [0.2, 0.25) is 0 Å². The highest BCUT2D eigenvalue weighted by Crippen LogP contribution is 2.39. The first-order valence-electron chi connectivity index (χ1n) is 6.29. The van der Waals surface area contributed by atoms with E-state index < -0.39 is 5.97 Å². The molecule has 0 radical (unpaired) electrons. The third kappa shape index (κ3) is 2.77. The molecule has 3 N–H and O–H groups in total. The number of ether oxygens (including phenoxy) is 1. The maximum atomic E-state index is 11.1. The van der Waals surface area contributed by atoms with Crippen molar-refractivity contribution in [1.82, 2.24) is 0 Å². The molecule has 2 rings (SSSR count). The van der Waals surface area contributed by atoms with Crippen LogP contribution in [0.1, 0.15) is 29.1 Å². The smallest absolute Gasteiger partial charge is 0.348 e. The molecule has 0 saturated carbocycles. The van der Waals surface area contributed by atoms with Crippen molar-refractivity contribution in [3.8, 4) is 16.2 Å². The SMILES string of the molecule is Cc1c(-c2cccc(OC(C)C)c2)sc(C(=O)O)c1N. The maximum absolute atomic E-state index is 11.1. The van der Waals surface area contributed by atoms with Crippen molar-refractivity contribution in [2.45, 2.75) is 26.9 Å². The highest BCUT2D eigenvalue weighted by Gasteiger charge is 2.18. The Balaban J connectivity index is 2.46. The lowest BCUT2D eigenvalue weighted by Crippen LogP contribution is -2.05. The third-order valence-electron chi connectivity index (χ3n) is 2.86. The van der Waals surface area contributed by atoms with Crippen LogP contribution in [0.25, 0.3) is 10.4 Å². The van der Waals surface area contributed by atoms with Crippen molar-refractivity contribution < 1.29 is 14.6 Å². The van der Waals surface area contributed by atoms with Gasteiger partial charge in [-0.05, 0) is 44.0 Å². The number of anilines is 1. The molecule has 0 aliphatic rings. The normalized spacial score (nSPS) is 10.8. The predicted molar refractivity (Wildman–Crippen MR) is 81.6 cm³/mol. The number of nitrogens with two attached hydrogens (primary N) is 1. The summed E-state index contributed by atoms with van der Waals surface area (Å²) >= 11 is 1.19. The Kier molecular flexibility index (Phi) is 3.99. The lowest BCUT2D eigenvalue weighted by molar-refractivity contribution is 0.0703. The van der Waals surface area contributed by atoms with Crippen molar-refractivity contribution in [2.75, 3.05) is 5.73 Å². The largest absolute Gasteiger partial charge is 0.491 e. The molecular formula is C15H17NO3S. The molecule has 0 aliphatic carbocycles. The Bertz CT molecular complexity index is 647. The van der Waals surface area contributed by atoms with E-state index >= 15 is 0 Å². The lowest BCUT2D eigenvalue weighted by Gasteiger charge is -2.10. The summed E-state index contributed by atoms with van der Waals surface area (Å²) in [5.41, 5.74) is 7.92. The van der Waals surface area contributed by atoms with Gasteiger partial charge in [0.25, 0.3) is 0 Å². The van der Waals surface area contributed by atoms with Gasteiger partial charge in [0, 0.05) is 4.88 Å². The number of aromatic carboxylic acids is 1. The van der Waals surface area contributed by atoms with E-state index in [0.717, 1.165) is 21.8 Å². The first-order chi connectivity index (χ1) is 9.40. The third-order valence-corrected chi connectivity index (χ3v) is 4.20. The number of hydrogen-bond acceptors (Lipinski definition) is 4. The fraction of sp³-hybridized carbons (Fsp3) is 0.267. The van der Waals surface area contributed by atoms with Crippen LogP contribution in [0.3, 0.4) is 0 Å². The van der Waals surface area contributed by atoms with Crippen LogP contribution in [0.15, 0.2) is 24.3 Å². The van der Waals surface area contributed by atoms with Crippen LogP contribution in [0, 0.1) is 6.92 Å². The molecule has 1 heterocycles. The van der Waals surface area contributed by atoms with E-state index in [1.807, 2.05) is 45.0 Å². The quantitative estimate of drug-likeness (QED) is 0.899. The van der Waals surface area contributed by atoms with Crippen LogP contribution >= 0.6 is 11.3 Å². The topological polar surface area (TPSA) is 72.5 Å². The van der Waals surface area contributed by atoms with Gasteiger partial charge in [-0.1, -0.05) is 12.1 Å². The Morgan fingerprint density at radius 1 is 1.40 bits per heavy atom. The van der Waals surface area contributed by atoms with Crippen molar-refractivity contribution in [3.05, 3.63) is 34.7 Å². The van der Waals surface area contributed by atoms with Crippen LogP contribution < -0.4 is 10.5 Å². The predicted octanol–water partition coefficient (Wildman–Crippen LogP) is 3.79. The second-order valence-electron chi connectivity index (χ2n) is 4.80. The molecule has 1 aromatic heterocycles. The fourth-order valence-electron chi connectivity index (χ4n) is 1.94. The summed E-state index contributed by atoms with van der Waals surface area (Å²) in [7, 11) is 0. The van der Waals surface area contributed by atoms with E-state index in [0.29, 0.717) is 5.69 Å². The van der Waals surface area contributed by atoms with Crippen molar-refractivity contribution in [3.63, 3.8) is 0 Å². The van der Waals surface area contributed by atoms with E-state index in [9.17, 15) is 4.79 Å². The van der Waals surface area contributed by atoms with E-state index in [1.165, 1.54) is 11.3 Å². The summed E-state index contributed by atoms with van der Waals surface area (Å²) in [6.07, 6.45) is 0.0920. The summed E-state index contributed by atoms with van der Waals surface area (Å²) in [4.78, 5) is 12.2. The number of carbonyl (C=O) groups is 1. The van der Waals surface area contributed by atoms with Crippen LogP contribution in [0.5, 0.6) is 5.75 Å². The van der Waals surface area contributed by atoms with Crippen LogP contribution in [0.4, 0.5) is 5.69 Å². The average molecular weight is 291 g/mol. The molecule has 0 aliphatic heterocycles. The molecule has 0 fully saturated rings. The fourth-order valence-corrected chi connectivity index (χ4v) is 3.01. The number of thiophene rings is 1. The van der Waals surface area contributed by atoms with Gasteiger partial charge < -0.3 is 15.6 Å². The van der Waals surface area contributed by atoms with Crippen molar-refractivity contribution in [1.29, 1.82) is 0 Å². The molecule has 106 valence electrons. The Morgan fingerprint density at radius 2 is 2.10 bits per heavy atom. The van der Waals surface area contributed by atoms with E-state index in [1.54, 1.807) is 0 Å². The number of hydrogen-bond donors (Lipinski definition) is 2.